The second-order valence-electron chi connectivity index (χ2n) is 4.89. The van der Waals surface area contributed by atoms with Gasteiger partial charge in [0.2, 0.25) is 17.7 Å². The summed E-state index contributed by atoms with van der Waals surface area (Å²) in [7, 11) is -1.41. The Labute approximate surface area is 152 Å². The second kappa shape index (κ2) is 6.76. The molecule has 3 aromatic heterocycles. The van der Waals surface area contributed by atoms with Gasteiger partial charge >= 0.3 is 6.03 Å². The molecule has 0 fully saturated rings. The first-order valence-electron chi connectivity index (χ1n) is 7.07. The van der Waals surface area contributed by atoms with E-state index < -0.39 is 16.1 Å². The molecule has 3 rings (SSSR count). The van der Waals surface area contributed by atoms with Crippen molar-refractivity contribution in [3.63, 3.8) is 0 Å². The number of sulfonamides is 1. The molecule has 0 radical (unpaired) electrons. The van der Waals surface area contributed by atoms with Crippen LogP contribution in [0.3, 0.4) is 0 Å². The van der Waals surface area contributed by atoms with Crippen molar-refractivity contribution in [3.8, 4) is 11.8 Å². The van der Waals surface area contributed by atoms with Crippen molar-refractivity contribution in [1.82, 2.24) is 24.1 Å². The molecule has 2 amide bonds. The van der Waals surface area contributed by atoms with Crippen LogP contribution in [0.2, 0.25) is 0 Å². The monoisotopic (exact) mass is 398 g/mol. The van der Waals surface area contributed by atoms with Gasteiger partial charge in [0.25, 0.3) is 10.0 Å². The minimum atomic E-state index is -4.17. The van der Waals surface area contributed by atoms with Crippen LogP contribution < -0.4 is 19.5 Å². The average Bonchev–Trinajstić information content (AvgIpc) is 3.13. The fraction of sp³-hybridized carbons (Fsp3) is 0.231. The van der Waals surface area contributed by atoms with Crippen molar-refractivity contribution in [3.05, 3.63) is 23.3 Å². The number of carbonyl (C=O) groups excluding carboxylic acids is 1. The highest BCUT2D eigenvalue weighted by Gasteiger charge is 2.26. The Morgan fingerprint density at radius 3 is 2.46 bits per heavy atom. The topological polar surface area (TPSA) is 137 Å². The van der Waals surface area contributed by atoms with Crippen LogP contribution in [0.1, 0.15) is 5.69 Å². The number of anilines is 1. The summed E-state index contributed by atoms with van der Waals surface area (Å²) in [4.78, 5) is 24.6. The summed E-state index contributed by atoms with van der Waals surface area (Å²) in [5.74, 6) is 0.0998. The van der Waals surface area contributed by atoms with Crippen molar-refractivity contribution < 1.29 is 22.7 Å². The number of aromatic nitrogens is 4. The summed E-state index contributed by atoms with van der Waals surface area (Å²) in [5.41, 5.74) is 0.274. The Hall–Kier alpha value is -2.93. The molecule has 3 heterocycles. The third-order valence-corrected chi connectivity index (χ3v) is 5.40. The van der Waals surface area contributed by atoms with Gasteiger partial charge in [0.1, 0.15) is 0 Å². The van der Waals surface area contributed by atoms with E-state index in [1.807, 2.05) is 4.72 Å². The van der Waals surface area contributed by atoms with Gasteiger partial charge in [-0.25, -0.2) is 14.5 Å². The van der Waals surface area contributed by atoms with E-state index >= 15 is 0 Å². The molecule has 13 heteroatoms. The molecule has 138 valence electrons. The minimum Gasteiger partial charge on any atom is -0.481 e. The number of methoxy groups -OCH3 is 2. The van der Waals surface area contributed by atoms with Crippen LogP contribution in [-0.4, -0.2) is 48.0 Å². The largest absolute Gasteiger partial charge is 0.481 e. The lowest BCUT2D eigenvalue weighted by Gasteiger charge is -2.09. The van der Waals surface area contributed by atoms with Gasteiger partial charge in [0.05, 0.1) is 26.0 Å². The number of thiazole rings is 1. The van der Waals surface area contributed by atoms with E-state index in [1.54, 1.807) is 18.5 Å². The van der Waals surface area contributed by atoms with Gasteiger partial charge in [-0.15, -0.1) is 11.3 Å². The first-order valence-corrected chi connectivity index (χ1v) is 9.43. The number of carbonyl (C=O) groups is 1. The molecule has 0 aliphatic heterocycles. The molecular weight excluding hydrogens is 384 g/mol. The number of nitrogens with one attached hydrogen (secondary N) is 2. The molecule has 0 unspecified atom stereocenters. The molecule has 3 aromatic rings. The number of rotatable bonds is 5. The van der Waals surface area contributed by atoms with E-state index in [0.29, 0.717) is 4.96 Å². The third kappa shape index (κ3) is 3.39. The van der Waals surface area contributed by atoms with Crippen molar-refractivity contribution in [1.29, 1.82) is 0 Å². The number of amides is 2. The quantitative estimate of drug-likeness (QED) is 0.650. The maximum absolute atomic E-state index is 12.6. The van der Waals surface area contributed by atoms with E-state index in [0.717, 1.165) is 0 Å². The fourth-order valence-electron chi connectivity index (χ4n) is 2.16. The molecule has 0 spiro atoms. The number of hydrogen-bond donors (Lipinski definition) is 2. The number of imidazole rings is 1. The summed E-state index contributed by atoms with van der Waals surface area (Å²) in [6.45, 7) is 1.54. The molecule has 0 saturated heterocycles. The van der Waals surface area contributed by atoms with Crippen LogP contribution in [0.25, 0.3) is 4.96 Å². The lowest BCUT2D eigenvalue weighted by Crippen LogP contribution is -2.35. The number of nitrogens with zero attached hydrogens (tertiary/aromatic N) is 4. The van der Waals surface area contributed by atoms with Crippen molar-refractivity contribution in [2.24, 2.45) is 0 Å². The Balaban J connectivity index is 1.83. The summed E-state index contributed by atoms with van der Waals surface area (Å²) < 4.78 is 38.3. The zero-order valence-electron chi connectivity index (χ0n) is 13.9. The maximum Gasteiger partial charge on any atom is 0.335 e. The average molecular weight is 398 g/mol. The number of hydrogen-bond acceptors (Lipinski definition) is 9. The molecule has 0 saturated carbocycles. The van der Waals surface area contributed by atoms with Gasteiger partial charge in [0, 0.05) is 11.6 Å². The lowest BCUT2D eigenvalue weighted by atomic mass is 10.6. The molecule has 0 bridgehead atoms. The Morgan fingerprint density at radius 2 is 1.85 bits per heavy atom. The van der Waals surface area contributed by atoms with E-state index in [4.69, 9.17) is 9.47 Å². The first kappa shape index (κ1) is 17.9. The SMILES string of the molecule is COc1cc(OC)nc(NC(=O)NS(=O)(=O)c2c(C)nc3sccn23)n1. The Morgan fingerprint density at radius 1 is 1.19 bits per heavy atom. The molecule has 0 atom stereocenters. The summed E-state index contributed by atoms with van der Waals surface area (Å²) >= 11 is 1.28. The predicted molar refractivity (Wildman–Crippen MR) is 92.3 cm³/mol. The zero-order valence-corrected chi connectivity index (χ0v) is 15.5. The van der Waals surface area contributed by atoms with Crippen molar-refractivity contribution >= 4 is 38.3 Å². The van der Waals surface area contributed by atoms with Gasteiger partial charge in [-0.2, -0.15) is 18.4 Å². The second-order valence-corrected chi connectivity index (χ2v) is 7.36. The molecule has 2 N–H and O–H groups in total. The molecule has 0 aliphatic carbocycles. The van der Waals surface area contributed by atoms with Gasteiger partial charge in [-0.1, -0.05) is 0 Å². The van der Waals surface area contributed by atoms with E-state index in [9.17, 15) is 13.2 Å². The number of ether oxygens (including phenoxy) is 2. The van der Waals surface area contributed by atoms with Crippen molar-refractivity contribution in [2.75, 3.05) is 19.5 Å². The normalized spacial score (nSPS) is 11.3. The van der Waals surface area contributed by atoms with Crippen LogP contribution >= 0.6 is 11.3 Å². The Kier molecular flexibility index (Phi) is 4.65. The molecular formula is C13H14N6O5S2. The zero-order chi connectivity index (χ0) is 18.9. The van der Waals surface area contributed by atoms with Gasteiger partial charge in [-0.05, 0) is 6.92 Å². The molecule has 0 aliphatic rings. The summed E-state index contributed by atoms with van der Waals surface area (Å²) in [6, 6.07) is 0.368. The van der Waals surface area contributed by atoms with E-state index in [2.05, 4.69) is 20.3 Å². The fourth-order valence-corrected chi connectivity index (χ4v) is 4.21. The summed E-state index contributed by atoms with van der Waals surface area (Å²) in [5, 5.41) is 3.81. The molecule has 0 aromatic carbocycles. The van der Waals surface area contributed by atoms with Gasteiger partial charge < -0.3 is 9.47 Å². The first-order chi connectivity index (χ1) is 12.3. The van der Waals surface area contributed by atoms with Crippen LogP contribution in [0.15, 0.2) is 22.7 Å². The highest BCUT2D eigenvalue weighted by Crippen LogP contribution is 2.21. The van der Waals surface area contributed by atoms with Gasteiger partial charge in [-0.3, -0.25) is 9.72 Å². The predicted octanol–water partition coefficient (Wildman–Crippen LogP) is 1.02. The smallest absolute Gasteiger partial charge is 0.335 e. The van der Waals surface area contributed by atoms with Crippen molar-refractivity contribution in [2.45, 2.75) is 11.9 Å². The number of urea groups is 1. The standard InChI is InChI=1S/C13H14N6O5S2/c1-7-10(19-4-5-25-13(19)14-7)26(21,22)18-12(20)17-11-15-8(23-2)6-9(16-11)24-3/h4-6H,1-3H3,(H2,15,16,17,18,20). The van der Waals surface area contributed by atoms with Crippen LogP contribution in [0.5, 0.6) is 11.8 Å². The van der Waals surface area contributed by atoms with E-state index in [1.165, 1.54) is 36.0 Å². The third-order valence-electron chi connectivity index (χ3n) is 3.19. The van der Waals surface area contributed by atoms with Gasteiger partial charge in [0.15, 0.2) is 9.99 Å². The highest BCUT2D eigenvalue weighted by molar-refractivity contribution is 7.90. The highest BCUT2D eigenvalue weighted by atomic mass is 32.2. The van der Waals surface area contributed by atoms with Crippen LogP contribution in [0.4, 0.5) is 10.7 Å². The number of aryl methyl sites for hydroxylation is 1. The van der Waals surface area contributed by atoms with Crippen LogP contribution in [-0.2, 0) is 10.0 Å². The molecule has 11 nitrogen and oxygen atoms in total. The molecule has 26 heavy (non-hydrogen) atoms. The lowest BCUT2D eigenvalue weighted by molar-refractivity contribution is 0.256. The Bertz CT molecular complexity index is 1050. The van der Waals surface area contributed by atoms with E-state index in [-0.39, 0.29) is 28.4 Å². The minimum absolute atomic E-state index is 0.118. The number of fused-ring (bicyclic) bond motifs is 1. The van der Waals surface area contributed by atoms with Crippen LogP contribution in [0, 0.1) is 6.92 Å². The summed E-state index contributed by atoms with van der Waals surface area (Å²) in [6.07, 6.45) is 1.56. The maximum atomic E-state index is 12.6.